The van der Waals surface area contributed by atoms with E-state index in [9.17, 15) is 9.59 Å². The van der Waals surface area contributed by atoms with E-state index in [0.29, 0.717) is 12.5 Å². The Bertz CT molecular complexity index is 423. The van der Waals surface area contributed by atoms with Crippen LogP contribution in [0.5, 0.6) is 0 Å². The van der Waals surface area contributed by atoms with E-state index in [1.54, 1.807) is 6.92 Å². The lowest BCUT2D eigenvalue weighted by molar-refractivity contribution is 0.0946. The molecule has 1 unspecified atom stereocenters. The van der Waals surface area contributed by atoms with Crippen LogP contribution in [-0.4, -0.2) is 17.4 Å². The van der Waals surface area contributed by atoms with E-state index in [2.05, 4.69) is 24.1 Å². The molecule has 0 aliphatic rings. The van der Waals surface area contributed by atoms with Gasteiger partial charge in [0.15, 0.2) is 5.43 Å². The van der Waals surface area contributed by atoms with Gasteiger partial charge in [0.1, 0.15) is 5.56 Å². The van der Waals surface area contributed by atoms with Crippen LogP contribution in [0.15, 0.2) is 17.1 Å². The largest absolute Gasteiger partial charge is 0.364 e. The third-order valence-corrected chi connectivity index (χ3v) is 2.61. The fourth-order valence-corrected chi connectivity index (χ4v) is 1.26. The summed E-state index contributed by atoms with van der Waals surface area (Å²) in [5.41, 5.74) is 0.690. The monoisotopic (exact) mass is 222 g/mol. The summed E-state index contributed by atoms with van der Waals surface area (Å²) in [5, 5.41) is 2.75. The van der Waals surface area contributed by atoms with Gasteiger partial charge in [0, 0.05) is 24.5 Å². The van der Waals surface area contributed by atoms with E-state index in [1.807, 2.05) is 0 Å². The first-order chi connectivity index (χ1) is 7.54. The zero-order valence-corrected chi connectivity index (χ0v) is 9.96. The molecule has 1 atom stereocenters. The summed E-state index contributed by atoms with van der Waals surface area (Å²) in [7, 11) is 0. The number of nitrogens with one attached hydrogen (secondary N) is 2. The Hall–Kier alpha value is -1.58. The van der Waals surface area contributed by atoms with Gasteiger partial charge in [0.2, 0.25) is 0 Å². The normalized spacial score (nSPS) is 12.2. The van der Waals surface area contributed by atoms with Crippen LogP contribution in [0.4, 0.5) is 0 Å². The maximum Gasteiger partial charge on any atom is 0.256 e. The molecule has 1 aromatic heterocycles. The van der Waals surface area contributed by atoms with Gasteiger partial charge in [-0.2, -0.15) is 0 Å². The number of aromatic amines is 1. The molecule has 0 fully saturated rings. The fraction of sp³-hybridized carbons (Fsp3) is 0.500. The highest BCUT2D eigenvalue weighted by atomic mass is 16.2. The van der Waals surface area contributed by atoms with Crippen LogP contribution >= 0.6 is 0 Å². The van der Waals surface area contributed by atoms with Crippen LogP contribution in [0.1, 0.15) is 36.3 Å². The summed E-state index contributed by atoms with van der Waals surface area (Å²) in [6.45, 7) is 6.50. The number of carbonyl (C=O) groups excluding carboxylic acids is 1. The minimum Gasteiger partial charge on any atom is -0.364 e. The summed E-state index contributed by atoms with van der Waals surface area (Å²) < 4.78 is 0. The molecule has 0 aromatic carbocycles. The number of hydrogen-bond donors (Lipinski definition) is 2. The minimum absolute atomic E-state index is 0.175. The first-order valence-electron chi connectivity index (χ1n) is 5.52. The van der Waals surface area contributed by atoms with E-state index in [1.165, 1.54) is 12.3 Å². The zero-order chi connectivity index (χ0) is 12.1. The standard InChI is InChI=1S/C12H18N2O2/c1-4-8(2)6-14-12(16)10-7-13-9(3)5-11(10)15/h5,7-8H,4,6H2,1-3H3,(H,13,15)(H,14,16). The van der Waals surface area contributed by atoms with Gasteiger partial charge in [-0.3, -0.25) is 9.59 Å². The number of hydrogen-bond acceptors (Lipinski definition) is 2. The number of aryl methyl sites for hydroxylation is 1. The zero-order valence-electron chi connectivity index (χ0n) is 9.96. The predicted molar refractivity (Wildman–Crippen MR) is 63.6 cm³/mol. The lowest BCUT2D eigenvalue weighted by atomic mass is 10.1. The molecular weight excluding hydrogens is 204 g/mol. The van der Waals surface area contributed by atoms with E-state index < -0.39 is 0 Å². The summed E-state index contributed by atoms with van der Waals surface area (Å²) in [4.78, 5) is 26.0. The van der Waals surface area contributed by atoms with Crippen molar-refractivity contribution in [3.63, 3.8) is 0 Å². The second-order valence-corrected chi connectivity index (χ2v) is 4.12. The molecule has 0 radical (unpaired) electrons. The van der Waals surface area contributed by atoms with E-state index in [0.717, 1.165) is 12.1 Å². The Labute approximate surface area is 95.1 Å². The molecule has 0 spiro atoms. The molecule has 4 heteroatoms. The van der Waals surface area contributed by atoms with Crippen molar-refractivity contribution in [2.75, 3.05) is 6.54 Å². The Balaban J connectivity index is 2.70. The van der Waals surface area contributed by atoms with Crippen LogP contribution in [0.3, 0.4) is 0 Å². The molecule has 1 heterocycles. The molecule has 16 heavy (non-hydrogen) atoms. The Kier molecular flexibility index (Phi) is 4.28. The number of pyridine rings is 1. The number of amides is 1. The number of H-pyrrole nitrogens is 1. The van der Waals surface area contributed by atoms with Gasteiger partial charge in [-0.1, -0.05) is 20.3 Å². The molecule has 4 nitrogen and oxygen atoms in total. The maximum atomic E-state index is 11.7. The van der Waals surface area contributed by atoms with Gasteiger partial charge in [0.25, 0.3) is 5.91 Å². The molecule has 0 aliphatic heterocycles. The molecular formula is C12H18N2O2. The smallest absolute Gasteiger partial charge is 0.256 e. The van der Waals surface area contributed by atoms with Crippen LogP contribution in [-0.2, 0) is 0 Å². The van der Waals surface area contributed by atoms with Crippen molar-refractivity contribution in [3.8, 4) is 0 Å². The molecule has 0 aliphatic carbocycles. The van der Waals surface area contributed by atoms with Gasteiger partial charge in [0.05, 0.1) is 0 Å². The molecule has 88 valence electrons. The predicted octanol–water partition coefficient (Wildman–Crippen LogP) is 1.46. The van der Waals surface area contributed by atoms with Crippen molar-refractivity contribution in [1.82, 2.24) is 10.3 Å². The van der Waals surface area contributed by atoms with Crippen molar-refractivity contribution < 1.29 is 4.79 Å². The summed E-state index contributed by atoms with van der Waals surface area (Å²) >= 11 is 0. The minimum atomic E-state index is -0.304. The van der Waals surface area contributed by atoms with Crippen LogP contribution in [0.2, 0.25) is 0 Å². The number of aromatic nitrogens is 1. The molecule has 0 saturated carbocycles. The lowest BCUT2D eigenvalue weighted by Crippen LogP contribution is -2.31. The Morgan fingerprint density at radius 3 is 2.81 bits per heavy atom. The summed E-state index contributed by atoms with van der Waals surface area (Å²) in [6, 6.07) is 1.43. The van der Waals surface area contributed by atoms with Gasteiger partial charge in [-0.05, 0) is 12.8 Å². The number of rotatable bonds is 4. The molecule has 1 amide bonds. The van der Waals surface area contributed by atoms with Crippen molar-refractivity contribution in [2.45, 2.75) is 27.2 Å². The third kappa shape index (κ3) is 3.22. The molecule has 2 N–H and O–H groups in total. The topological polar surface area (TPSA) is 62.0 Å². The van der Waals surface area contributed by atoms with E-state index >= 15 is 0 Å². The van der Waals surface area contributed by atoms with Crippen molar-refractivity contribution in [3.05, 3.63) is 33.7 Å². The first-order valence-corrected chi connectivity index (χ1v) is 5.52. The number of carbonyl (C=O) groups is 1. The highest BCUT2D eigenvalue weighted by molar-refractivity contribution is 5.93. The first kappa shape index (κ1) is 12.5. The summed E-state index contributed by atoms with van der Waals surface area (Å²) in [5.74, 6) is 0.120. The quantitative estimate of drug-likeness (QED) is 0.810. The molecule has 0 saturated heterocycles. The van der Waals surface area contributed by atoms with Crippen molar-refractivity contribution >= 4 is 5.91 Å². The van der Waals surface area contributed by atoms with Gasteiger partial charge >= 0.3 is 0 Å². The Morgan fingerprint density at radius 2 is 2.25 bits per heavy atom. The van der Waals surface area contributed by atoms with E-state index in [-0.39, 0.29) is 16.9 Å². The summed E-state index contributed by atoms with van der Waals surface area (Å²) in [6.07, 6.45) is 2.47. The fourth-order valence-electron chi connectivity index (χ4n) is 1.26. The molecule has 0 bridgehead atoms. The van der Waals surface area contributed by atoms with Crippen molar-refractivity contribution in [2.24, 2.45) is 5.92 Å². The highest BCUT2D eigenvalue weighted by Gasteiger charge is 2.10. The molecule has 1 aromatic rings. The van der Waals surface area contributed by atoms with Crippen LogP contribution in [0.25, 0.3) is 0 Å². The average Bonchev–Trinajstić information content (AvgIpc) is 2.25. The van der Waals surface area contributed by atoms with Crippen LogP contribution in [0, 0.1) is 12.8 Å². The lowest BCUT2D eigenvalue weighted by Gasteiger charge is -2.09. The molecule has 1 rings (SSSR count). The van der Waals surface area contributed by atoms with Gasteiger partial charge < -0.3 is 10.3 Å². The van der Waals surface area contributed by atoms with Crippen molar-refractivity contribution in [1.29, 1.82) is 0 Å². The average molecular weight is 222 g/mol. The SMILES string of the molecule is CCC(C)CNC(=O)c1c[nH]c(C)cc1=O. The van der Waals surface area contributed by atoms with Gasteiger partial charge in [-0.25, -0.2) is 0 Å². The van der Waals surface area contributed by atoms with Crippen LogP contribution < -0.4 is 10.7 Å². The van der Waals surface area contributed by atoms with E-state index in [4.69, 9.17) is 0 Å². The Morgan fingerprint density at radius 1 is 1.56 bits per heavy atom. The second-order valence-electron chi connectivity index (χ2n) is 4.12. The van der Waals surface area contributed by atoms with Gasteiger partial charge in [-0.15, -0.1) is 0 Å². The highest BCUT2D eigenvalue weighted by Crippen LogP contribution is 1.98. The third-order valence-electron chi connectivity index (χ3n) is 2.61. The second kappa shape index (κ2) is 5.49. The maximum absolute atomic E-state index is 11.7.